The quantitative estimate of drug-likeness (QED) is 0.152. The van der Waals surface area contributed by atoms with Crippen LogP contribution >= 0.6 is 0 Å². The molecule has 67 heavy (non-hydrogen) atoms. The van der Waals surface area contributed by atoms with E-state index in [1.54, 1.807) is 0 Å². The third kappa shape index (κ3) is 6.43. The molecule has 0 bridgehead atoms. The lowest BCUT2D eigenvalue weighted by molar-refractivity contribution is 0.670. The smallest absolute Gasteiger partial charge is 0.143 e. The molecule has 0 unspecified atom stereocenters. The average molecular weight is 855 g/mol. The molecule has 11 aromatic carbocycles. The predicted octanol–water partition coefficient (Wildman–Crippen LogP) is 18.0. The number of para-hydroxylation sites is 6. The highest BCUT2D eigenvalue weighted by Crippen LogP contribution is 2.48. The average Bonchev–Trinajstić information content (AvgIpc) is 3.95. The van der Waals surface area contributed by atoms with Crippen LogP contribution in [-0.4, -0.2) is 4.57 Å². The molecule has 3 nitrogen and oxygen atoms in total. The van der Waals surface area contributed by atoms with Gasteiger partial charge in [0.2, 0.25) is 0 Å². The first-order valence-electron chi connectivity index (χ1n) is 22.9. The van der Waals surface area contributed by atoms with Gasteiger partial charge in [-0.05, 0) is 99.3 Å². The first-order valence-corrected chi connectivity index (χ1v) is 22.9. The summed E-state index contributed by atoms with van der Waals surface area (Å²) in [4.78, 5) is 2.46. The summed E-state index contributed by atoms with van der Waals surface area (Å²) in [5.41, 5.74) is 17.7. The number of hydrogen-bond acceptors (Lipinski definition) is 2. The van der Waals surface area contributed by atoms with E-state index < -0.39 is 0 Å². The van der Waals surface area contributed by atoms with Gasteiger partial charge in [-0.25, -0.2) is 0 Å². The molecule has 0 fully saturated rings. The summed E-state index contributed by atoms with van der Waals surface area (Å²) >= 11 is 0. The largest absolute Gasteiger partial charge is 0.455 e. The van der Waals surface area contributed by atoms with Crippen LogP contribution in [-0.2, 0) is 0 Å². The Bertz CT molecular complexity index is 3970. The van der Waals surface area contributed by atoms with Crippen LogP contribution in [0, 0.1) is 0 Å². The second kappa shape index (κ2) is 16.0. The van der Waals surface area contributed by atoms with Gasteiger partial charge in [0.15, 0.2) is 0 Å². The molecule has 0 N–H and O–H groups in total. The third-order valence-corrected chi connectivity index (χ3v) is 13.4. The predicted molar refractivity (Wildman–Crippen MR) is 282 cm³/mol. The van der Waals surface area contributed by atoms with E-state index in [4.69, 9.17) is 4.42 Å². The van der Waals surface area contributed by atoms with E-state index in [0.717, 1.165) is 72.5 Å². The van der Waals surface area contributed by atoms with Crippen molar-refractivity contribution in [2.24, 2.45) is 0 Å². The number of aromatic nitrogens is 1. The van der Waals surface area contributed by atoms with Gasteiger partial charge in [-0.2, -0.15) is 0 Å². The molecule has 0 spiro atoms. The number of nitrogens with zero attached hydrogens (tertiary/aromatic N) is 2. The Morgan fingerprint density at radius 3 is 1.69 bits per heavy atom. The second-order valence-electron chi connectivity index (χ2n) is 17.2. The molecule has 0 aliphatic carbocycles. The van der Waals surface area contributed by atoms with Crippen LogP contribution in [0.25, 0.3) is 105 Å². The van der Waals surface area contributed by atoms with Crippen molar-refractivity contribution in [3.8, 4) is 50.2 Å². The molecular formula is C64H42N2O. The molecule has 0 amide bonds. The Kier molecular flexibility index (Phi) is 9.17. The minimum absolute atomic E-state index is 0.896. The summed E-state index contributed by atoms with van der Waals surface area (Å²) in [6.07, 6.45) is 0. The molecule has 0 radical (unpaired) electrons. The van der Waals surface area contributed by atoms with E-state index in [9.17, 15) is 0 Å². The molecular weight excluding hydrogens is 813 g/mol. The van der Waals surface area contributed by atoms with E-state index in [1.807, 2.05) is 12.1 Å². The summed E-state index contributed by atoms with van der Waals surface area (Å²) in [5.74, 6) is 0. The van der Waals surface area contributed by atoms with Crippen LogP contribution in [0.1, 0.15) is 0 Å². The third-order valence-electron chi connectivity index (χ3n) is 13.4. The monoisotopic (exact) mass is 854 g/mol. The van der Waals surface area contributed by atoms with E-state index in [1.165, 1.54) is 49.3 Å². The fourth-order valence-electron chi connectivity index (χ4n) is 10.4. The minimum Gasteiger partial charge on any atom is -0.455 e. The summed E-state index contributed by atoms with van der Waals surface area (Å²) in [6, 6.07) is 92.0. The Hall–Kier alpha value is -8.92. The van der Waals surface area contributed by atoms with Crippen molar-refractivity contribution in [1.82, 2.24) is 4.57 Å². The normalized spacial score (nSPS) is 11.6. The molecule has 2 heterocycles. The van der Waals surface area contributed by atoms with Gasteiger partial charge in [0.05, 0.1) is 22.4 Å². The van der Waals surface area contributed by atoms with Crippen molar-refractivity contribution >= 4 is 71.6 Å². The first kappa shape index (κ1) is 38.5. The van der Waals surface area contributed by atoms with Gasteiger partial charge < -0.3 is 13.9 Å². The molecule has 13 aromatic rings. The molecule has 13 rings (SSSR count). The Morgan fingerprint density at radius 2 is 0.881 bits per heavy atom. The zero-order valence-corrected chi connectivity index (χ0v) is 36.6. The van der Waals surface area contributed by atoms with Gasteiger partial charge >= 0.3 is 0 Å². The van der Waals surface area contributed by atoms with E-state index in [-0.39, 0.29) is 0 Å². The Morgan fingerprint density at radius 1 is 0.328 bits per heavy atom. The van der Waals surface area contributed by atoms with Crippen LogP contribution in [0.2, 0.25) is 0 Å². The zero-order valence-electron chi connectivity index (χ0n) is 36.6. The number of fused-ring (bicyclic) bond motifs is 7. The SMILES string of the molecule is c1ccc(-c2cccc3cccc(-c4ccccc4N(c4ccc(-c5cccc6c5oc5ccccc56)cc4)c4ccccc4-c4ccc5c(c4)c4ccccc4n5-c4ccccc4)c23)cc1. The number of anilines is 3. The van der Waals surface area contributed by atoms with Gasteiger partial charge in [-0.1, -0.05) is 194 Å². The van der Waals surface area contributed by atoms with Crippen molar-refractivity contribution < 1.29 is 4.42 Å². The highest BCUT2D eigenvalue weighted by atomic mass is 16.3. The van der Waals surface area contributed by atoms with Gasteiger partial charge in [-0.15, -0.1) is 0 Å². The maximum Gasteiger partial charge on any atom is 0.143 e. The van der Waals surface area contributed by atoms with Crippen molar-refractivity contribution in [3.05, 3.63) is 255 Å². The highest BCUT2D eigenvalue weighted by molar-refractivity contribution is 6.13. The van der Waals surface area contributed by atoms with E-state index in [2.05, 4.69) is 252 Å². The summed E-state index contributed by atoms with van der Waals surface area (Å²) < 4.78 is 8.91. The molecule has 0 atom stereocenters. The number of hydrogen-bond donors (Lipinski definition) is 0. The molecule has 0 aliphatic heterocycles. The summed E-state index contributed by atoms with van der Waals surface area (Å²) in [6.45, 7) is 0. The van der Waals surface area contributed by atoms with Crippen molar-refractivity contribution in [1.29, 1.82) is 0 Å². The van der Waals surface area contributed by atoms with Crippen molar-refractivity contribution in [2.45, 2.75) is 0 Å². The molecule has 2 aromatic heterocycles. The van der Waals surface area contributed by atoms with Gasteiger partial charge in [0, 0.05) is 49.6 Å². The Labute approximate surface area is 388 Å². The fourth-order valence-corrected chi connectivity index (χ4v) is 10.4. The summed E-state index contributed by atoms with van der Waals surface area (Å²) in [7, 11) is 0. The van der Waals surface area contributed by atoms with Gasteiger partial charge in [-0.3, -0.25) is 0 Å². The summed E-state index contributed by atoms with van der Waals surface area (Å²) in [5, 5.41) is 7.12. The number of rotatable bonds is 8. The maximum absolute atomic E-state index is 6.53. The number of furan rings is 1. The van der Waals surface area contributed by atoms with Crippen LogP contribution in [0.15, 0.2) is 259 Å². The lowest BCUT2D eigenvalue weighted by Crippen LogP contribution is -2.12. The molecule has 0 saturated heterocycles. The molecule has 0 aliphatic rings. The molecule has 0 saturated carbocycles. The highest BCUT2D eigenvalue weighted by Gasteiger charge is 2.23. The van der Waals surface area contributed by atoms with Crippen LogP contribution < -0.4 is 4.90 Å². The molecule has 3 heteroatoms. The van der Waals surface area contributed by atoms with Crippen molar-refractivity contribution in [3.63, 3.8) is 0 Å². The topological polar surface area (TPSA) is 21.3 Å². The van der Waals surface area contributed by atoms with Crippen LogP contribution in [0.4, 0.5) is 17.1 Å². The molecule has 314 valence electrons. The second-order valence-corrected chi connectivity index (χ2v) is 17.2. The minimum atomic E-state index is 0.896. The van der Waals surface area contributed by atoms with Gasteiger partial charge in [0.1, 0.15) is 11.2 Å². The Balaban J connectivity index is 1.03. The first-order chi connectivity index (χ1) is 33.3. The lowest BCUT2D eigenvalue weighted by Gasteiger charge is -2.30. The standard InChI is InChI=1S/C64H42N2O/c1-3-18-43(19-4-1)50-28-15-20-45-21-16-30-55(63(45)50)52-25-8-12-33-59(52)66(48-39-36-44(37-40-48)51-29-17-31-56-54-27-10-14-35-62(54)67-64(51)56)58-32-11-7-24-49(58)46-38-41-61-57(42-46)53-26-9-13-34-60(53)65(61)47-22-5-2-6-23-47/h1-42H. The zero-order chi connectivity index (χ0) is 44.3. The van der Waals surface area contributed by atoms with Gasteiger partial charge in [0.25, 0.3) is 0 Å². The van der Waals surface area contributed by atoms with Crippen molar-refractivity contribution in [2.75, 3.05) is 4.90 Å². The van der Waals surface area contributed by atoms with Crippen LogP contribution in [0.5, 0.6) is 0 Å². The van der Waals surface area contributed by atoms with Crippen LogP contribution in [0.3, 0.4) is 0 Å². The number of benzene rings is 11. The van der Waals surface area contributed by atoms with E-state index >= 15 is 0 Å². The lowest BCUT2D eigenvalue weighted by atomic mass is 9.90. The van der Waals surface area contributed by atoms with E-state index in [0.29, 0.717) is 0 Å². The fraction of sp³-hybridized carbons (Fsp3) is 0. The maximum atomic E-state index is 6.53.